The molecular weight excluding hydrogens is 621 g/mol. The van der Waals surface area contributed by atoms with Crippen molar-refractivity contribution in [1.82, 2.24) is 0 Å². The van der Waals surface area contributed by atoms with Crippen molar-refractivity contribution in [3.05, 3.63) is 58.7 Å². The maximum atomic E-state index is 12.3. The van der Waals surface area contributed by atoms with Crippen LogP contribution in [-0.4, -0.2) is 53.3 Å². The van der Waals surface area contributed by atoms with Gasteiger partial charge in [-0.05, 0) is 97.7 Å². The number of aromatic hydroxyl groups is 2. The molecular formula is C37H44O7S2. The van der Waals surface area contributed by atoms with Crippen molar-refractivity contribution >= 4 is 21.6 Å². The van der Waals surface area contributed by atoms with Crippen molar-refractivity contribution in [3.63, 3.8) is 0 Å². The van der Waals surface area contributed by atoms with Crippen LogP contribution < -0.4 is 18.9 Å². The van der Waals surface area contributed by atoms with E-state index in [1.165, 1.54) is 12.7 Å². The van der Waals surface area contributed by atoms with Crippen LogP contribution >= 0.6 is 21.6 Å². The third kappa shape index (κ3) is 5.88. The number of aliphatic hydroxyl groups is 1. The highest BCUT2D eigenvalue weighted by Crippen LogP contribution is 2.56. The van der Waals surface area contributed by atoms with Crippen LogP contribution in [0.1, 0.15) is 92.1 Å². The number of rotatable bonds is 5. The Morgan fingerprint density at radius 1 is 0.870 bits per heavy atom. The zero-order valence-electron chi connectivity index (χ0n) is 26.8. The number of methoxy groups -OCH3 is 2. The molecule has 246 valence electrons. The van der Waals surface area contributed by atoms with E-state index in [1.807, 2.05) is 45.9 Å². The Bertz CT molecular complexity index is 1590. The predicted octanol–water partition coefficient (Wildman–Crippen LogP) is 8.52. The van der Waals surface area contributed by atoms with Gasteiger partial charge in [-0.3, -0.25) is 0 Å². The molecule has 0 aromatic heterocycles. The highest BCUT2D eigenvalue weighted by molar-refractivity contribution is 8.76. The zero-order chi connectivity index (χ0) is 31.9. The first-order valence-corrected chi connectivity index (χ1v) is 19.1. The van der Waals surface area contributed by atoms with Crippen LogP contribution in [0.25, 0.3) is 11.1 Å². The molecule has 0 spiro atoms. The molecule has 3 aromatic carbocycles. The van der Waals surface area contributed by atoms with E-state index in [4.69, 9.17) is 18.9 Å². The maximum Gasteiger partial charge on any atom is 0.200 e. The lowest BCUT2D eigenvalue weighted by Gasteiger charge is -2.41. The highest BCUT2D eigenvalue weighted by Gasteiger charge is 2.43. The number of aliphatic hydroxyl groups excluding tert-OH is 1. The third-order valence-electron chi connectivity index (χ3n) is 10.4. The molecule has 7 rings (SSSR count). The molecule has 9 heteroatoms. The largest absolute Gasteiger partial charge is 0.508 e. The van der Waals surface area contributed by atoms with E-state index in [0.29, 0.717) is 23.0 Å². The summed E-state index contributed by atoms with van der Waals surface area (Å²) in [6, 6.07) is 11.2. The van der Waals surface area contributed by atoms with E-state index in [9.17, 15) is 15.3 Å². The Labute approximate surface area is 279 Å². The number of phenolic OH excluding ortho intramolecular Hbond substituents is 2. The van der Waals surface area contributed by atoms with Gasteiger partial charge in [0.1, 0.15) is 23.4 Å². The summed E-state index contributed by atoms with van der Waals surface area (Å²) in [5.74, 6) is 4.77. The van der Waals surface area contributed by atoms with Crippen LogP contribution in [0.4, 0.5) is 0 Å². The number of ether oxygens (including phenoxy) is 4. The Hall–Kier alpha value is -2.88. The van der Waals surface area contributed by atoms with Gasteiger partial charge in [0, 0.05) is 40.2 Å². The van der Waals surface area contributed by atoms with Crippen LogP contribution in [0.5, 0.6) is 34.5 Å². The van der Waals surface area contributed by atoms with Gasteiger partial charge in [0.05, 0.1) is 20.3 Å². The Balaban J connectivity index is 1.36. The standard InChI is InChI=1S/C37H44O7S2/c1-20-8-9-21-14-27-33(25-11-10-23(38)17-26(21)25)29(41-2)18-30-34(27)28(19-46-45-13-12-20)35(39)37(44-30)22-15-31(42-3)36(40)32(16-22)43-24-6-4-5-7-24/h10-11,15-18,20-21,24,28,35,37-40H,4-9,12-14,19H2,1-3H3/t20-,21-,28-,35+,37-/m0/s1. The minimum absolute atomic E-state index is 0.0291. The van der Waals surface area contributed by atoms with E-state index in [0.717, 1.165) is 96.6 Å². The summed E-state index contributed by atoms with van der Waals surface area (Å²) < 4.78 is 24.7. The molecule has 0 unspecified atom stereocenters. The van der Waals surface area contributed by atoms with Crippen LogP contribution in [0.15, 0.2) is 36.4 Å². The van der Waals surface area contributed by atoms with Gasteiger partial charge in [-0.2, -0.15) is 0 Å². The van der Waals surface area contributed by atoms with Gasteiger partial charge in [-0.25, -0.2) is 0 Å². The Kier molecular flexibility index (Phi) is 9.18. The fourth-order valence-electron chi connectivity index (χ4n) is 7.90. The molecule has 0 saturated heterocycles. The van der Waals surface area contributed by atoms with Gasteiger partial charge in [-0.1, -0.05) is 41.0 Å². The first kappa shape index (κ1) is 31.7. The van der Waals surface area contributed by atoms with E-state index < -0.39 is 12.2 Å². The quantitative estimate of drug-likeness (QED) is 0.232. The van der Waals surface area contributed by atoms with Crippen molar-refractivity contribution in [2.45, 2.75) is 88.4 Å². The summed E-state index contributed by atoms with van der Waals surface area (Å²) in [7, 11) is 6.92. The molecule has 5 atom stereocenters. The SMILES string of the molecule is COc1cc([C@@H]2Oc3cc(OC)c4c5c3[C@H](CSSCC[C@@H](C)CC[C@@H](C5)c3cc(O)ccc3-4)[C@H]2O)cc(OC2CCCC2)c1O. The minimum Gasteiger partial charge on any atom is -0.508 e. The number of hydrogen-bond acceptors (Lipinski definition) is 9. The van der Waals surface area contributed by atoms with Crippen LogP contribution in [0.2, 0.25) is 0 Å². The Morgan fingerprint density at radius 3 is 2.43 bits per heavy atom. The maximum absolute atomic E-state index is 12.3. The molecule has 46 heavy (non-hydrogen) atoms. The smallest absolute Gasteiger partial charge is 0.200 e. The summed E-state index contributed by atoms with van der Waals surface area (Å²) >= 11 is 0. The van der Waals surface area contributed by atoms with Crippen LogP contribution in [0.3, 0.4) is 0 Å². The molecule has 0 amide bonds. The summed E-state index contributed by atoms with van der Waals surface area (Å²) in [5.41, 5.74) is 6.20. The van der Waals surface area contributed by atoms with Gasteiger partial charge in [-0.15, -0.1) is 0 Å². The fourth-order valence-corrected chi connectivity index (χ4v) is 10.5. The second kappa shape index (κ2) is 13.3. The molecule has 0 radical (unpaired) electrons. The number of fused-ring (bicyclic) bond motifs is 4. The average Bonchev–Trinajstić information content (AvgIpc) is 3.57. The molecule has 4 aliphatic rings. The van der Waals surface area contributed by atoms with E-state index >= 15 is 0 Å². The number of benzene rings is 3. The molecule has 3 N–H and O–H groups in total. The topological polar surface area (TPSA) is 97.6 Å². The minimum atomic E-state index is -0.851. The van der Waals surface area contributed by atoms with E-state index in [2.05, 4.69) is 6.92 Å². The number of phenols is 2. The van der Waals surface area contributed by atoms with Crippen LogP contribution in [0, 0.1) is 5.92 Å². The van der Waals surface area contributed by atoms with E-state index in [-0.39, 0.29) is 29.4 Å². The molecule has 2 aliphatic carbocycles. The first-order chi connectivity index (χ1) is 22.4. The molecule has 2 aliphatic heterocycles. The first-order valence-electron chi connectivity index (χ1n) is 16.6. The van der Waals surface area contributed by atoms with Crippen molar-refractivity contribution < 1.29 is 34.3 Å². The molecule has 1 saturated carbocycles. The van der Waals surface area contributed by atoms with Gasteiger partial charge in [0.15, 0.2) is 17.6 Å². The molecule has 2 bridgehead atoms. The molecule has 7 nitrogen and oxygen atoms in total. The predicted molar refractivity (Wildman–Crippen MR) is 184 cm³/mol. The lowest BCUT2D eigenvalue weighted by Crippen LogP contribution is -2.37. The summed E-state index contributed by atoms with van der Waals surface area (Å²) in [6.07, 6.45) is 6.68. The molecule has 3 aromatic rings. The molecule has 2 heterocycles. The highest BCUT2D eigenvalue weighted by atomic mass is 33.1. The average molecular weight is 665 g/mol. The van der Waals surface area contributed by atoms with Gasteiger partial charge in [0.25, 0.3) is 0 Å². The summed E-state index contributed by atoms with van der Waals surface area (Å²) in [4.78, 5) is 0. The summed E-state index contributed by atoms with van der Waals surface area (Å²) in [5, 5.41) is 33.8. The van der Waals surface area contributed by atoms with Gasteiger partial charge < -0.3 is 34.3 Å². The monoisotopic (exact) mass is 664 g/mol. The second-order valence-electron chi connectivity index (χ2n) is 13.3. The van der Waals surface area contributed by atoms with Gasteiger partial charge in [0.2, 0.25) is 5.75 Å². The number of hydrogen-bond donors (Lipinski definition) is 3. The van der Waals surface area contributed by atoms with Crippen LogP contribution in [-0.2, 0) is 6.42 Å². The second-order valence-corrected chi connectivity index (χ2v) is 16.0. The fraction of sp³-hybridized carbons (Fsp3) is 0.514. The van der Waals surface area contributed by atoms with E-state index in [1.54, 1.807) is 19.2 Å². The lowest BCUT2D eigenvalue weighted by molar-refractivity contribution is 0.00413. The van der Waals surface area contributed by atoms with Crippen molar-refractivity contribution in [2.24, 2.45) is 5.92 Å². The van der Waals surface area contributed by atoms with Gasteiger partial charge >= 0.3 is 0 Å². The Morgan fingerprint density at radius 2 is 1.65 bits per heavy atom. The van der Waals surface area contributed by atoms with Crippen molar-refractivity contribution in [3.8, 4) is 45.6 Å². The van der Waals surface area contributed by atoms with Crippen molar-refractivity contribution in [2.75, 3.05) is 25.7 Å². The summed E-state index contributed by atoms with van der Waals surface area (Å²) in [6.45, 7) is 2.34. The third-order valence-corrected chi connectivity index (χ3v) is 12.9. The van der Waals surface area contributed by atoms with Crippen molar-refractivity contribution in [1.29, 1.82) is 0 Å². The normalized spacial score (nSPS) is 26.1. The zero-order valence-corrected chi connectivity index (χ0v) is 28.4. The lowest BCUT2D eigenvalue weighted by atomic mass is 9.71. The molecule has 1 fully saturated rings.